The quantitative estimate of drug-likeness (QED) is 0.117. The van der Waals surface area contributed by atoms with Crippen molar-refractivity contribution >= 4 is 30.0 Å². The molecule has 310 valence electrons. The van der Waals surface area contributed by atoms with E-state index in [0.717, 1.165) is 24.1 Å². The maximum Gasteiger partial charge on any atom is 0.407 e. The molecule has 3 saturated heterocycles. The molecule has 4 aliphatic heterocycles. The van der Waals surface area contributed by atoms with Gasteiger partial charge in [-0.2, -0.15) is 0 Å². The van der Waals surface area contributed by atoms with Gasteiger partial charge in [-0.1, -0.05) is 42.5 Å². The molecule has 2 aromatic carbocycles. The zero-order valence-electron chi connectivity index (χ0n) is 32.5. The minimum Gasteiger partial charge on any atom is -0.464 e. The van der Waals surface area contributed by atoms with Gasteiger partial charge in [0.05, 0.1) is 18.8 Å². The Balaban J connectivity index is 1.05. The second-order valence-electron chi connectivity index (χ2n) is 14.7. The smallest absolute Gasteiger partial charge is 0.407 e. The molecule has 0 aromatic heterocycles. The van der Waals surface area contributed by atoms with Crippen molar-refractivity contribution in [3.8, 4) is 11.5 Å². The topological polar surface area (TPSA) is 189 Å². The van der Waals surface area contributed by atoms with Crippen LogP contribution in [0.25, 0.3) is 0 Å². The molecular formula is C41H54N4O12. The third-order valence-corrected chi connectivity index (χ3v) is 10.4. The molecule has 4 aliphatic rings. The summed E-state index contributed by atoms with van der Waals surface area (Å²) in [5, 5.41) is 8.38. The maximum atomic E-state index is 13.3. The molecule has 0 radical (unpaired) electrons. The number of alkyl carbamates (subject to hydrolysis) is 2. The maximum absolute atomic E-state index is 13.3. The molecule has 0 saturated carbocycles. The van der Waals surface area contributed by atoms with E-state index in [-0.39, 0.29) is 64.0 Å². The Bertz CT molecular complexity index is 1690. The summed E-state index contributed by atoms with van der Waals surface area (Å²) >= 11 is 0. The van der Waals surface area contributed by atoms with E-state index in [2.05, 4.69) is 16.0 Å². The lowest BCUT2D eigenvalue weighted by Gasteiger charge is -2.47. The standard InChI is InChI=1S/C41H54N4O12/c1-2-51-38(48)33(22-28-10-4-3-5-11-28)44-35(46)17-16-30-23-32(55-40(50)43-25-29-12-6-14-34-37(29)54-27-53-34)24-41(56-30)18-7-13-31(57-41)26-52-39(49)42-19-9-21-45-20-8-15-36(45)47/h3-6,10-12,14,30-33H,2,7-9,13,15-27H2,1H3,(H,42,49)(H,43,50)(H,44,46)/t30-,31-,32-,33+,41+/m1/s1. The third-order valence-electron chi connectivity index (χ3n) is 10.4. The summed E-state index contributed by atoms with van der Waals surface area (Å²) < 4.78 is 40.8. The Labute approximate surface area is 332 Å². The van der Waals surface area contributed by atoms with Crippen molar-refractivity contribution in [3.05, 3.63) is 59.7 Å². The molecule has 1 spiro atoms. The van der Waals surface area contributed by atoms with E-state index in [1.165, 1.54) is 0 Å². The fourth-order valence-corrected chi connectivity index (χ4v) is 7.72. The predicted octanol–water partition coefficient (Wildman–Crippen LogP) is 4.26. The summed E-state index contributed by atoms with van der Waals surface area (Å²) in [4.78, 5) is 65.5. The van der Waals surface area contributed by atoms with Gasteiger partial charge in [0.15, 0.2) is 17.3 Å². The van der Waals surface area contributed by atoms with Crippen molar-refractivity contribution in [1.29, 1.82) is 0 Å². The number of hydrogen-bond donors (Lipinski definition) is 3. The summed E-state index contributed by atoms with van der Waals surface area (Å²) in [5.74, 6) is -0.689. The van der Waals surface area contributed by atoms with Gasteiger partial charge < -0.3 is 54.0 Å². The molecule has 16 nitrogen and oxygen atoms in total. The predicted molar refractivity (Wildman–Crippen MR) is 203 cm³/mol. The number of hydrogen-bond acceptors (Lipinski definition) is 12. The van der Waals surface area contributed by atoms with Crippen LogP contribution >= 0.6 is 0 Å². The minimum atomic E-state index is -1.15. The van der Waals surface area contributed by atoms with Gasteiger partial charge in [-0.05, 0) is 50.7 Å². The Morgan fingerprint density at radius 3 is 2.61 bits per heavy atom. The van der Waals surface area contributed by atoms with Crippen LogP contribution in [0.15, 0.2) is 48.5 Å². The van der Waals surface area contributed by atoms with E-state index in [1.807, 2.05) is 42.5 Å². The lowest BCUT2D eigenvalue weighted by atomic mass is 9.90. The fourth-order valence-electron chi connectivity index (χ4n) is 7.72. The first-order valence-corrected chi connectivity index (χ1v) is 20.0. The average molecular weight is 795 g/mol. The van der Waals surface area contributed by atoms with Crippen LogP contribution in [0.1, 0.15) is 82.3 Å². The Morgan fingerprint density at radius 2 is 1.81 bits per heavy atom. The number of nitrogens with zero attached hydrogens (tertiary/aromatic N) is 1. The van der Waals surface area contributed by atoms with Crippen LogP contribution in [-0.4, -0.2) is 105 Å². The highest BCUT2D eigenvalue weighted by atomic mass is 16.7. The molecule has 5 atom stereocenters. The third kappa shape index (κ3) is 12.2. The number of carbonyl (C=O) groups excluding carboxylic acids is 5. The van der Waals surface area contributed by atoms with Gasteiger partial charge >= 0.3 is 18.2 Å². The average Bonchev–Trinajstić information content (AvgIpc) is 3.86. The molecule has 4 heterocycles. The monoisotopic (exact) mass is 794 g/mol. The molecular weight excluding hydrogens is 740 g/mol. The van der Waals surface area contributed by atoms with Crippen molar-refractivity contribution in [2.75, 3.05) is 39.6 Å². The van der Waals surface area contributed by atoms with Gasteiger partial charge in [-0.3, -0.25) is 9.59 Å². The molecule has 4 amide bonds. The molecule has 57 heavy (non-hydrogen) atoms. The molecule has 3 fully saturated rings. The number of likely N-dealkylation sites (tertiary alicyclic amines) is 1. The van der Waals surface area contributed by atoms with E-state index >= 15 is 0 Å². The first-order valence-electron chi connectivity index (χ1n) is 20.0. The second-order valence-corrected chi connectivity index (χ2v) is 14.7. The van der Waals surface area contributed by atoms with E-state index < -0.39 is 48.3 Å². The second kappa shape index (κ2) is 20.4. The van der Waals surface area contributed by atoms with Gasteiger partial charge in [0.1, 0.15) is 18.8 Å². The van der Waals surface area contributed by atoms with E-state index in [4.69, 9.17) is 33.2 Å². The van der Waals surface area contributed by atoms with Crippen molar-refractivity contribution in [2.45, 2.75) is 114 Å². The van der Waals surface area contributed by atoms with Crippen LogP contribution < -0.4 is 25.4 Å². The number of ether oxygens (including phenoxy) is 7. The highest BCUT2D eigenvalue weighted by Gasteiger charge is 2.47. The van der Waals surface area contributed by atoms with Gasteiger partial charge in [0.25, 0.3) is 0 Å². The van der Waals surface area contributed by atoms with Gasteiger partial charge in [-0.15, -0.1) is 0 Å². The molecule has 0 bridgehead atoms. The zero-order chi connectivity index (χ0) is 40.0. The number of fused-ring (bicyclic) bond motifs is 1. The summed E-state index contributed by atoms with van der Waals surface area (Å²) in [5.41, 5.74) is 1.62. The number of nitrogens with one attached hydrogen (secondary N) is 3. The van der Waals surface area contributed by atoms with E-state index in [0.29, 0.717) is 63.1 Å². The molecule has 2 aromatic rings. The molecule has 16 heteroatoms. The molecule has 0 aliphatic carbocycles. The van der Waals surface area contributed by atoms with Crippen LogP contribution in [-0.2, 0) is 51.0 Å². The van der Waals surface area contributed by atoms with Crippen LogP contribution in [0.5, 0.6) is 11.5 Å². The van der Waals surface area contributed by atoms with Crippen molar-refractivity contribution in [3.63, 3.8) is 0 Å². The lowest BCUT2D eigenvalue weighted by Crippen LogP contribution is -2.54. The Hall–Kier alpha value is -5.09. The van der Waals surface area contributed by atoms with E-state index in [1.54, 1.807) is 17.9 Å². The largest absolute Gasteiger partial charge is 0.464 e. The fraction of sp³-hybridized carbons (Fsp3) is 0.585. The molecule has 3 N–H and O–H groups in total. The van der Waals surface area contributed by atoms with E-state index in [9.17, 15) is 24.0 Å². The number of benzene rings is 2. The number of para-hydroxylation sites is 1. The minimum absolute atomic E-state index is 0.00944. The van der Waals surface area contributed by atoms with Gasteiger partial charge in [-0.25, -0.2) is 14.4 Å². The molecule has 6 rings (SSSR count). The zero-order valence-corrected chi connectivity index (χ0v) is 32.5. The number of rotatable bonds is 17. The normalized spacial score (nSPS) is 23.1. The van der Waals surface area contributed by atoms with Gasteiger partial charge in [0.2, 0.25) is 18.6 Å². The first-order chi connectivity index (χ1) is 27.7. The summed E-state index contributed by atoms with van der Waals surface area (Å²) in [6.45, 7) is 3.86. The number of amides is 4. The van der Waals surface area contributed by atoms with Crippen molar-refractivity contribution < 1.29 is 57.1 Å². The Morgan fingerprint density at radius 1 is 0.965 bits per heavy atom. The highest BCUT2D eigenvalue weighted by molar-refractivity contribution is 5.84. The summed E-state index contributed by atoms with van der Waals surface area (Å²) in [7, 11) is 0. The number of carbonyl (C=O) groups is 5. The molecule has 0 unspecified atom stereocenters. The van der Waals surface area contributed by atoms with Crippen molar-refractivity contribution in [1.82, 2.24) is 20.9 Å². The summed E-state index contributed by atoms with van der Waals surface area (Å²) in [6, 6.07) is 14.0. The lowest BCUT2D eigenvalue weighted by molar-refractivity contribution is -0.329. The van der Waals surface area contributed by atoms with Crippen LogP contribution in [0.2, 0.25) is 0 Å². The van der Waals surface area contributed by atoms with Crippen LogP contribution in [0.3, 0.4) is 0 Å². The number of esters is 1. The van der Waals surface area contributed by atoms with Crippen LogP contribution in [0, 0.1) is 0 Å². The first kappa shape index (κ1) is 41.5. The van der Waals surface area contributed by atoms with Crippen LogP contribution in [0.4, 0.5) is 9.59 Å². The summed E-state index contributed by atoms with van der Waals surface area (Å²) in [6.07, 6.45) is 2.16. The van der Waals surface area contributed by atoms with Gasteiger partial charge in [0, 0.05) is 70.3 Å². The Kier molecular flexibility index (Phi) is 14.8. The highest BCUT2D eigenvalue weighted by Crippen LogP contribution is 2.41. The SMILES string of the molecule is CCOC(=O)[C@H](Cc1ccccc1)NC(=O)CC[C@@H]1C[C@@H](OC(=O)NCc2cccc3c2OCO3)C[C@@]2(CCC[C@H](COC(=O)NCCCN3CCCC3=O)O2)O1. The van der Waals surface area contributed by atoms with Crippen molar-refractivity contribution in [2.24, 2.45) is 0 Å².